The van der Waals surface area contributed by atoms with E-state index in [1.54, 1.807) is 25.3 Å². The van der Waals surface area contributed by atoms with E-state index in [0.717, 1.165) is 25.7 Å². The van der Waals surface area contributed by atoms with E-state index in [2.05, 4.69) is 0 Å². The number of halogens is 1. The Balaban J connectivity index is 2.16. The quantitative estimate of drug-likeness (QED) is 0.892. The van der Waals surface area contributed by atoms with Gasteiger partial charge in [0.1, 0.15) is 0 Å². The van der Waals surface area contributed by atoms with Crippen molar-refractivity contribution >= 4 is 0 Å². The number of ether oxygens (including phenoxy) is 2. The van der Waals surface area contributed by atoms with Gasteiger partial charge in [0.25, 0.3) is 0 Å². The average Bonchev–Trinajstić information content (AvgIpc) is 2.91. The Morgan fingerprint density at radius 3 is 2.58 bits per heavy atom. The van der Waals surface area contributed by atoms with Gasteiger partial charge in [0.05, 0.1) is 18.8 Å². The third-order valence-electron chi connectivity index (χ3n) is 4.14. The highest BCUT2D eigenvalue weighted by atomic mass is 19.1. The first-order valence-electron chi connectivity index (χ1n) is 6.67. The summed E-state index contributed by atoms with van der Waals surface area (Å²) >= 11 is 0. The summed E-state index contributed by atoms with van der Waals surface area (Å²) in [4.78, 5) is 0. The Hall–Kier alpha value is -1.13. The SMILES string of the molecule is COc1cccc(CC(O)C2(OC)CCCC2)c1F. The molecular weight excluding hydrogens is 247 g/mol. The lowest BCUT2D eigenvalue weighted by atomic mass is 9.89. The summed E-state index contributed by atoms with van der Waals surface area (Å²) in [7, 11) is 3.06. The van der Waals surface area contributed by atoms with Crippen molar-refractivity contribution in [1.82, 2.24) is 0 Å². The molecular formula is C15H21FO3. The molecule has 0 radical (unpaired) electrons. The van der Waals surface area contributed by atoms with Crippen LogP contribution < -0.4 is 4.74 Å². The van der Waals surface area contributed by atoms with E-state index in [1.165, 1.54) is 7.11 Å². The molecule has 1 aromatic rings. The number of aliphatic hydroxyl groups is 1. The maximum atomic E-state index is 14.1. The molecule has 1 unspecified atom stereocenters. The maximum Gasteiger partial charge on any atom is 0.168 e. The highest BCUT2D eigenvalue weighted by Crippen LogP contribution is 2.37. The Kier molecular flexibility index (Phi) is 4.42. The first-order valence-corrected chi connectivity index (χ1v) is 6.67. The van der Waals surface area contributed by atoms with Crippen molar-refractivity contribution in [3.63, 3.8) is 0 Å². The standard InChI is InChI=1S/C15H21FO3/c1-18-12-7-5-6-11(14(12)16)10-13(17)15(19-2)8-3-4-9-15/h5-7,13,17H,3-4,8-10H2,1-2H3. The Morgan fingerprint density at radius 2 is 2.00 bits per heavy atom. The molecule has 0 spiro atoms. The highest BCUT2D eigenvalue weighted by Gasteiger charge is 2.41. The van der Waals surface area contributed by atoms with Crippen molar-refractivity contribution in [1.29, 1.82) is 0 Å². The summed E-state index contributed by atoms with van der Waals surface area (Å²) < 4.78 is 24.6. The van der Waals surface area contributed by atoms with Crippen LogP contribution in [0.2, 0.25) is 0 Å². The molecule has 2 rings (SSSR count). The summed E-state index contributed by atoms with van der Waals surface area (Å²) in [5.41, 5.74) is -0.0506. The zero-order chi connectivity index (χ0) is 13.9. The number of hydrogen-bond donors (Lipinski definition) is 1. The fourth-order valence-electron chi connectivity index (χ4n) is 2.91. The molecule has 0 bridgehead atoms. The first kappa shape index (κ1) is 14.3. The van der Waals surface area contributed by atoms with Crippen molar-refractivity contribution < 1.29 is 19.0 Å². The van der Waals surface area contributed by atoms with E-state index in [1.807, 2.05) is 0 Å². The minimum absolute atomic E-state index is 0.211. The van der Waals surface area contributed by atoms with Gasteiger partial charge >= 0.3 is 0 Å². The molecule has 1 atom stereocenters. The van der Waals surface area contributed by atoms with Crippen molar-refractivity contribution in [2.45, 2.75) is 43.8 Å². The number of aliphatic hydroxyl groups excluding tert-OH is 1. The zero-order valence-electron chi connectivity index (χ0n) is 11.5. The second kappa shape index (κ2) is 5.88. The van der Waals surface area contributed by atoms with Gasteiger partial charge < -0.3 is 14.6 Å². The molecule has 1 aliphatic rings. The van der Waals surface area contributed by atoms with Gasteiger partial charge in [0, 0.05) is 13.5 Å². The minimum atomic E-state index is -0.693. The molecule has 19 heavy (non-hydrogen) atoms. The van der Waals surface area contributed by atoms with Crippen LogP contribution in [0.1, 0.15) is 31.2 Å². The molecule has 0 amide bonds. The lowest BCUT2D eigenvalue weighted by Gasteiger charge is -2.33. The lowest BCUT2D eigenvalue weighted by molar-refractivity contribution is -0.0973. The lowest BCUT2D eigenvalue weighted by Crippen LogP contribution is -2.43. The molecule has 4 heteroatoms. The third kappa shape index (κ3) is 2.74. The summed E-state index contributed by atoms with van der Waals surface area (Å²) in [5.74, 6) is -0.184. The summed E-state index contributed by atoms with van der Waals surface area (Å²) in [6.45, 7) is 0. The molecule has 1 fully saturated rings. The van der Waals surface area contributed by atoms with Gasteiger partial charge in [-0.1, -0.05) is 25.0 Å². The number of hydrogen-bond acceptors (Lipinski definition) is 3. The molecule has 0 heterocycles. The normalized spacial score (nSPS) is 19.4. The Labute approximate surface area is 113 Å². The van der Waals surface area contributed by atoms with Crippen LogP contribution in [0.3, 0.4) is 0 Å². The molecule has 1 saturated carbocycles. The van der Waals surface area contributed by atoms with Gasteiger partial charge in [0.2, 0.25) is 0 Å². The molecule has 1 N–H and O–H groups in total. The van der Waals surface area contributed by atoms with Gasteiger partial charge in [-0.25, -0.2) is 4.39 Å². The maximum absolute atomic E-state index is 14.1. The monoisotopic (exact) mass is 268 g/mol. The van der Waals surface area contributed by atoms with Crippen molar-refractivity contribution in [2.24, 2.45) is 0 Å². The van der Waals surface area contributed by atoms with Crippen molar-refractivity contribution in [3.8, 4) is 5.75 Å². The topological polar surface area (TPSA) is 38.7 Å². The van der Waals surface area contributed by atoms with Gasteiger partial charge in [-0.15, -0.1) is 0 Å². The van der Waals surface area contributed by atoms with E-state index in [0.29, 0.717) is 5.56 Å². The summed E-state index contributed by atoms with van der Waals surface area (Å²) in [6.07, 6.45) is 3.31. The van der Waals surface area contributed by atoms with Crippen LogP contribution in [0.25, 0.3) is 0 Å². The molecule has 106 valence electrons. The van der Waals surface area contributed by atoms with Crippen LogP contribution >= 0.6 is 0 Å². The van der Waals surface area contributed by atoms with E-state index in [-0.39, 0.29) is 12.2 Å². The number of benzene rings is 1. The third-order valence-corrected chi connectivity index (χ3v) is 4.14. The van der Waals surface area contributed by atoms with Crippen LogP contribution in [0.4, 0.5) is 4.39 Å². The number of methoxy groups -OCH3 is 2. The molecule has 1 aliphatic carbocycles. The largest absolute Gasteiger partial charge is 0.494 e. The van der Waals surface area contributed by atoms with E-state index >= 15 is 0 Å². The second-order valence-corrected chi connectivity index (χ2v) is 5.13. The van der Waals surface area contributed by atoms with Crippen LogP contribution in [-0.4, -0.2) is 31.0 Å². The van der Waals surface area contributed by atoms with E-state index < -0.39 is 17.5 Å². The van der Waals surface area contributed by atoms with E-state index in [9.17, 15) is 9.50 Å². The second-order valence-electron chi connectivity index (χ2n) is 5.13. The first-order chi connectivity index (χ1) is 9.13. The predicted molar refractivity (Wildman–Crippen MR) is 70.9 cm³/mol. The zero-order valence-corrected chi connectivity index (χ0v) is 11.5. The van der Waals surface area contributed by atoms with Gasteiger partial charge in [-0.2, -0.15) is 0 Å². The van der Waals surface area contributed by atoms with Crippen LogP contribution in [0.5, 0.6) is 5.75 Å². The number of rotatable bonds is 5. The van der Waals surface area contributed by atoms with Crippen LogP contribution in [0.15, 0.2) is 18.2 Å². The average molecular weight is 268 g/mol. The minimum Gasteiger partial charge on any atom is -0.494 e. The highest BCUT2D eigenvalue weighted by molar-refractivity contribution is 5.31. The molecule has 1 aromatic carbocycles. The molecule has 0 aliphatic heterocycles. The predicted octanol–water partition coefficient (Wildman–Crippen LogP) is 2.70. The van der Waals surface area contributed by atoms with Crippen LogP contribution in [0, 0.1) is 5.82 Å². The van der Waals surface area contributed by atoms with Gasteiger partial charge in [-0.05, 0) is 24.5 Å². The Bertz CT molecular complexity index is 427. The van der Waals surface area contributed by atoms with Crippen molar-refractivity contribution in [2.75, 3.05) is 14.2 Å². The van der Waals surface area contributed by atoms with Crippen molar-refractivity contribution in [3.05, 3.63) is 29.6 Å². The summed E-state index contributed by atoms with van der Waals surface area (Å²) in [5, 5.41) is 10.4. The van der Waals surface area contributed by atoms with Gasteiger partial charge in [0.15, 0.2) is 11.6 Å². The smallest absolute Gasteiger partial charge is 0.168 e. The molecule has 0 saturated heterocycles. The fraction of sp³-hybridized carbons (Fsp3) is 0.600. The van der Waals surface area contributed by atoms with Gasteiger partial charge in [-0.3, -0.25) is 0 Å². The fourth-order valence-corrected chi connectivity index (χ4v) is 2.91. The molecule has 3 nitrogen and oxygen atoms in total. The molecule has 0 aromatic heterocycles. The summed E-state index contributed by atoms with van der Waals surface area (Å²) in [6, 6.07) is 4.99. The Morgan fingerprint density at radius 1 is 1.32 bits per heavy atom. The van der Waals surface area contributed by atoms with E-state index in [4.69, 9.17) is 9.47 Å². The van der Waals surface area contributed by atoms with Crippen LogP contribution in [-0.2, 0) is 11.2 Å².